The zero-order valence-corrected chi connectivity index (χ0v) is 40.7. The molecule has 1 amide bonds. The normalized spacial score (nSPS) is 16.3. The number of ether oxygens (including phenoxy) is 5. The van der Waals surface area contributed by atoms with Gasteiger partial charge < -0.3 is 38.5 Å². The number of nitrogens with one attached hydrogen (secondary N) is 1. The second-order valence-electron chi connectivity index (χ2n) is 18.8. The fourth-order valence-electron chi connectivity index (χ4n) is 6.89. The Labute approximate surface area is 369 Å². The van der Waals surface area contributed by atoms with E-state index in [0.717, 1.165) is 50.5 Å². The van der Waals surface area contributed by atoms with Crippen LogP contribution in [-0.2, 0) is 44.2 Å². The van der Waals surface area contributed by atoms with Crippen molar-refractivity contribution in [3.05, 3.63) is 42.0 Å². The fourth-order valence-corrected chi connectivity index (χ4v) is 7.94. The molecular formula is C49H81NO10Si. The lowest BCUT2D eigenvalue weighted by Gasteiger charge is -2.38. The van der Waals surface area contributed by atoms with Crippen LogP contribution in [0.1, 0.15) is 151 Å². The molecule has 346 valence electrons. The molecular weight excluding hydrogens is 791 g/mol. The highest BCUT2D eigenvalue weighted by molar-refractivity contribution is 6.74. The van der Waals surface area contributed by atoms with E-state index in [4.69, 9.17) is 28.1 Å². The summed E-state index contributed by atoms with van der Waals surface area (Å²) in [7, 11) is -2.30. The first-order chi connectivity index (χ1) is 28.7. The van der Waals surface area contributed by atoms with Crippen LogP contribution in [0.15, 0.2) is 36.4 Å². The highest BCUT2D eigenvalue weighted by Gasteiger charge is 2.50. The third kappa shape index (κ3) is 19.4. The maximum Gasteiger partial charge on any atom is 0.339 e. The van der Waals surface area contributed by atoms with Crippen molar-refractivity contribution in [2.24, 2.45) is 5.92 Å². The van der Waals surface area contributed by atoms with Gasteiger partial charge in [-0.15, -0.1) is 5.92 Å². The first-order valence-corrected chi connectivity index (χ1v) is 25.8. The highest BCUT2D eigenvalue weighted by atomic mass is 28.4. The summed E-state index contributed by atoms with van der Waals surface area (Å²) in [5, 5.41) is 15.2. The molecule has 1 aromatic rings. The van der Waals surface area contributed by atoms with Crippen LogP contribution in [0.4, 0.5) is 0 Å². The Morgan fingerprint density at radius 2 is 1.52 bits per heavy atom. The molecule has 2 N–H and O–H groups in total. The lowest BCUT2D eigenvalue weighted by Crippen LogP contribution is -2.57. The molecule has 1 heterocycles. The smallest absolute Gasteiger partial charge is 0.339 e. The summed E-state index contributed by atoms with van der Waals surface area (Å²) < 4.78 is 35.5. The minimum atomic E-state index is -2.32. The predicted molar refractivity (Wildman–Crippen MR) is 245 cm³/mol. The predicted octanol–water partition coefficient (Wildman–Crippen LogP) is 9.78. The molecule has 0 unspecified atom stereocenters. The Bertz CT molecular complexity index is 1550. The van der Waals surface area contributed by atoms with Gasteiger partial charge in [0.25, 0.3) is 0 Å². The molecule has 1 aliphatic rings. The summed E-state index contributed by atoms with van der Waals surface area (Å²) in [6.07, 6.45) is 15.5. The standard InChI is InChI=1S/C49H81NO10Si/c1-12-15-17-21-24-31-48(57-36-37-58-48)32-25-22-19-18-20-23-26-41(49(54,45(53)60-46(4,5)6)33-35-59-61(10,11)47(7,8)9)43(51)50-42(44(52)55-14-3)38-39-27-29-40(30-28-39)56-34-16-13-2/h23,26-30,41-42,54H,12,14-15,17-22,24-25,31-38H2,1-11H3,(H,50,51)/b26-23+/t41-,42+,49+/m1/s1. The van der Waals surface area contributed by atoms with Gasteiger partial charge in [-0.1, -0.05) is 96.4 Å². The van der Waals surface area contributed by atoms with E-state index in [1.165, 1.54) is 25.7 Å². The molecule has 61 heavy (non-hydrogen) atoms. The molecule has 0 saturated carbocycles. The van der Waals surface area contributed by atoms with Crippen LogP contribution in [-0.4, -0.2) is 87.3 Å². The van der Waals surface area contributed by atoms with E-state index in [-0.39, 0.29) is 37.7 Å². The molecule has 1 saturated heterocycles. The maximum absolute atomic E-state index is 14.6. The molecule has 2 rings (SSSR count). The number of esters is 2. The number of carbonyl (C=O) groups is 3. The quantitative estimate of drug-likeness (QED) is 0.0275. The zero-order valence-electron chi connectivity index (χ0n) is 39.7. The maximum atomic E-state index is 14.6. The van der Waals surface area contributed by atoms with Gasteiger partial charge in [-0.25, -0.2) is 9.59 Å². The third-order valence-corrected chi connectivity index (χ3v) is 16.1. The van der Waals surface area contributed by atoms with Gasteiger partial charge in [0.1, 0.15) is 24.0 Å². The van der Waals surface area contributed by atoms with Crippen LogP contribution < -0.4 is 10.1 Å². The number of hydrogen-bond acceptors (Lipinski definition) is 10. The third-order valence-electron chi connectivity index (χ3n) is 11.5. The van der Waals surface area contributed by atoms with Crippen LogP contribution in [0.5, 0.6) is 5.75 Å². The van der Waals surface area contributed by atoms with Gasteiger partial charge >= 0.3 is 11.9 Å². The van der Waals surface area contributed by atoms with Gasteiger partial charge in [-0.2, -0.15) is 0 Å². The second kappa shape index (κ2) is 26.4. The first kappa shape index (κ1) is 53.9. The van der Waals surface area contributed by atoms with Gasteiger partial charge in [-0.05, 0) is 96.1 Å². The lowest BCUT2D eigenvalue weighted by atomic mass is 9.82. The molecule has 1 fully saturated rings. The molecule has 0 spiro atoms. The molecule has 11 nitrogen and oxygen atoms in total. The average Bonchev–Trinajstić information content (AvgIpc) is 3.65. The SMILES string of the molecule is CC#CCOc1ccc(C[C@H](NC(=O)[C@@H](/C=C/CCCCCCC2(CCCCCCC)OCCO2)[C@@](O)(CCO[Si](C)(C)C(C)(C)C)C(=O)OC(C)(C)C)C(=O)OCC)cc1. The van der Waals surface area contributed by atoms with Crippen LogP contribution in [0, 0.1) is 17.8 Å². The Kier molecular flexibility index (Phi) is 23.4. The van der Waals surface area contributed by atoms with E-state index in [2.05, 4.69) is 57.9 Å². The zero-order chi connectivity index (χ0) is 45.6. The molecule has 12 heteroatoms. The number of allylic oxidation sites excluding steroid dienone is 1. The summed E-state index contributed by atoms with van der Waals surface area (Å²) in [5.41, 5.74) is -2.53. The Morgan fingerprint density at radius 1 is 0.918 bits per heavy atom. The van der Waals surface area contributed by atoms with Crippen LogP contribution in [0.25, 0.3) is 0 Å². The molecule has 0 aromatic heterocycles. The van der Waals surface area contributed by atoms with Crippen molar-refractivity contribution in [1.82, 2.24) is 5.32 Å². The van der Waals surface area contributed by atoms with Gasteiger partial charge in [0.2, 0.25) is 5.91 Å². The van der Waals surface area contributed by atoms with E-state index in [9.17, 15) is 19.5 Å². The Morgan fingerprint density at radius 3 is 2.08 bits per heavy atom. The van der Waals surface area contributed by atoms with Crippen molar-refractivity contribution in [2.75, 3.05) is 33.0 Å². The number of rotatable bonds is 28. The summed E-state index contributed by atoms with van der Waals surface area (Å²) >= 11 is 0. The van der Waals surface area contributed by atoms with E-state index in [1.807, 2.05) is 18.2 Å². The van der Waals surface area contributed by atoms with Gasteiger partial charge in [0.15, 0.2) is 19.7 Å². The Balaban J connectivity index is 2.34. The summed E-state index contributed by atoms with van der Waals surface area (Å²) in [6, 6.07) is 6.05. The van der Waals surface area contributed by atoms with E-state index < -0.39 is 55.1 Å². The number of aliphatic hydroxyl groups is 1. The molecule has 3 atom stereocenters. The average molecular weight is 872 g/mol. The van der Waals surface area contributed by atoms with E-state index in [0.29, 0.717) is 25.4 Å². The topological polar surface area (TPSA) is 139 Å². The van der Waals surface area contributed by atoms with Crippen LogP contribution in [0.2, 0.25) is 18.1 Å². The van der Waals surface area contributed by atoms with E-state index >= 15 is 0 Å². The largest absolute Gasteiger partial charge is 0.481 e. The highest BCUT2D eigenvalue weighted by Crippen LogP contribution is 2.38. The monoisotopic (exact) mass is 872 g/mol. The van der Waals surface area contributed by atoms with Crippen molar-refractivity contribution in [1.29, 1.82) is 0 Å². The van der Waals surface area contributed by atoms with Crippen molar-refractivity contribution in [2.45, 2.75) is 193 Å². The first-order valence-electron chi connectivity index (χ1n) is 22.8. The number of hydrogen-bond donors (Lipinski definition) is 2. The van der Waals surface area contributed by atoms with Crippen molar-refractivity contribution >= 4 is 26.2 Å². The molecule has 0 aliphatic carbocycles. The van der Waals surface area contributed by atoms with E-state index in [1.54, 1.807) is 52.8 Å². The van der Waals surface area contributed by atoms with Gasteiger partial charge in [0, 0.05) is 32.3 Å². The number of amides is 1. The van der Waals surface area contributed by atoms with Gasteiger partial charge in [0.05, 0.1) is 25.7 Å². The van der Waals surface area contributed by atoms with Crippen LogP contribution >= 0.6 is 0 Å². The minimum Gasteiger partial charge on any atom is -0.481 e. The number of benzene rings is 1. The van der Waals surface area contributed by atoms with Crippen molar-refractivity contribution in [3.8, 4) is 17.6 Å². The van der Waals surface area contributed by atoms with Crippen molar-refractivity contribution in [3.63, 3.8) is 0 Å². The molecule has 1 aromatic carbocycles. The molecule has 0 bridgehead atoms. The second-order valence-corrected chi connectivity index (χ2v) is 23.6. The fraction of sp³-hybridized carbons (Fsp3) is 0.735. The van der Waals surface area contributed by atoms with Gasteiger partial charge in [-0.3, -0.25) is 4.79 Å². The summed E-state index contributed by atoms with van der Waals surface area (Å²) in [4.78, 5) is 42.1. The molecule has 1 aliphatic heterocycles. The summed E-state index contributed by atoms with van der Waals surface area (Å²) in [6.45, 7) is 23.0. The lowest BCUT2D eigenvalue weighted by molar-refractivity contribution is -0.185. The molecule has 0 radical (unpaired) electrons. The van der Waals surface area contributed by atoms with Crippen LogP contribution in [0.3, 0.4) is 0 Å². The van der Waals surface area contributed by atoms with Crippen molar-refractivity contribution < 1.29 is 47.6 Å². The summed E-state index contributed by atoms with van der Waals surface area (Å²) in [5.74, 6) is 2.12. The Hall–Kier alpha value is -3.21. The minimum absolute atomic E-state index is 0.0249. The number of unbranched alkanes of at least 4 members (excludes halogenated alkanes) is 8. The number of carbonyl (C=O) groups excluding carboxylic acids is 3.